The van der Waals surface area contributed by atoms with E-state index in [4.69, 9.17) is 4.52 Å². The van der Waals surface area contributed by atoms with Crippen LogP contribution >= 0.6 is 16.7 Å². The third kappa shape index (κ3) is 5.28. The van der Waals surface area contributed by atoms with E-state index in [0.717, 1.165) is 16.9 Å². The highest BCUT2D eigenvalue weighted by Crippen LogP contribution is 2.56. The Balaban J connectivity index is 1.57. The summed E-state index contributed by atoms with van der Waals surface area (Å²) in [5, 5.41) is 13.2. The van der Waals surface area contributed by atoms with Crippen molar-refractivity contribution in [1.82, 2.24) is 0 Å². The monoisotopic (exact) mass is 522 g/mol. The van der Waals surface area contributed by atoms with Crippen LogP contribution in [0.3, 0.4) is 0 Å². The van der Waals surface area contributed by atoms with Gasteiger partial charge in [0.1, 0.15) is 19.6 Å². The van der Waals surface area contributed by atoms with Crippen LogP contribution in [0.5, 0.6) is 11.5 Å². The first kappa shape index (κ1) is 25.5. The number of benzene rings is 4. The van der Waals surface area contributed by atoms with Crippen molar-refractivity contribution in [2.24, 2.45) is 0 Å². The van der Waals surface area contributed by atoms with Crippen LogP contribution in [0.25, 0.3) is 22.3 Å². The molecule has 4 unspecified atom stereocenters. The fraction of sp³-hybridized carbons (Fsp3) is 0.152. The first-order chi connectivity index (χ1) is 18.1. The van der Waals surface area contributed by atoms with Crippen molar-refractivity contribution >= 4 is 27.3 Å². The zero-order chi connectivity index (χ0) is 25.8. The topological polar surface area (TPSA) is 29.5 Å². The van der Waals surface area contributed by atoms with Crippen molar-refractivity contribution in [2.45, 2.75) is 32.1 Å². The maximum absolute atomic E-state index is 10.6. The normalized spacial score (nSPS) is 16.8. The smallest absolute Gasteiger partial charge is 0.131 e. The SMILES string of the molecule is C/C=C\C=C(/C)C(C(C)Pc1ccccc1-c1ccccc1O)P1Oc2ccccc2-c2ccccc21. The first-order valence-electron chi connectivity index (χ1n) is 12.7. The Labute approximate surface area is 223 Å². The predicted molar refractivity (Wildman–Crippen MR) is 162 cm³/mol. The lowest BCUT2D eigenvalue weighted by atomic mass is 10.0. The van der Waals surface area contributed by atoms with Crippen LogP contribution in [0.1, 0.15) is 20.8 Å². The summed E-state index contributed by atoms with van der Waals surface area (Å²) in [6.45, 7) is 6.66. The van der Waals surface area contributed by atoms with Gasteiger partial charge in [-0.05, 0) is 48.1 Å². The van der Waals surface area contributed by atoms with Crippen molar-refractivity contribution in [3.63, 3.8) is 0 Å². The summed E-state index contributed by atoms with van der Waals surface area (Å²) in [7, 11) is -0.392. The van der Waals surface area contributed by atoms with E-state index in [1.165, 1.54) is 27.3 Å². The molecular formula is C33H32O2P2. The van der Waals surface area contributed by atoms with Gasteiger partial charge in [0.2, 0.25) is 0 Å². The van der Waals surface area contributed by atoms with Gasteiger partial charge >= 0.3 is 0 Å². The van der Waals surface area contributed by atoms with Gasteiger partial charge in [0.15, 0.2) is 0 Å². The molecule has 0 amide bonds. The van der Waals surface area contributed by atoms with Crippen molar-refractivity contribution in [2.75, 3.05) is 0 Å². The summed E-state index contributed by atoms with van der Waals surface area (Å²) < 4.78 is 6.88. The van der Waals surface area contributed by atoms with Gasteiger partial charge in [-0.3, -0.25) is 0 Å². The highest BCUT2D eigenvalue weighted by atomic mass is 31.1. The number of phenols is 1. The molecule has 0 saturated carbocycles. The predicted octanol–water partition coefficient (Wildman–Crippen LogP) is 8.42. The Morgan fingerprint density at radius 2 is 1.43 bits per heavy atom. The van der Waals surface area contributed by atoms with E-state index in [1.54, 1.807) is 6.07 Å². The zero-order valence-electron chi connectivity index (χ0n) is 21.4. The third-order valence-corrected chi connectivity index (χ3v) is 11.2. The largest absolute Gasteiger partial charge is 0.507 e. The number of rotatable bonds is 7. The number of aromatic hydroxyl groups is 1. The maximum atomic E-state index is 10.6. The standard InChI is InChI=1S/C33H32O2P2/c1-4-5-14-23(2)33(37-32-22-13-9-18-28(32)26-16-7-11-20-30(26)35-37)24(3)36-31-21-12-8-17-27(31)25-15-6-10-19-29(25)34/h4-22,24,33-34,36H,1-3H3/b5-4-,23-14+. The summed E-state index contributed by atoms with van der Waals surface area (Å²) in [6, 6.07) is 33.2. The van der Waals surface area contributed by atoms with Crippen LogP contribution in [-0.4, -0.2) is 16.4 Å². The molecule has 0 radical (unpaired) electrons. The maximum Gasteiger partial charge on any atom is 0.131 e. The second-order valence-electron chi connectivity index (χ2n) is 9.31. The summed E-state index contributed by atoms with van der Waals surface area (Å²) in [5.74, 6) is 1.29. The number of hydrogen-bond acceptors (Lipinski definition) is 2. The van der Waals surface area contributed by atoms with Gasteiger partial charge in [0.25, 0.3) is 0 Å². The molecule has 4 aromatic carbocycles. The Kier molecular flexibility index (Phi) is 7.90. The molecule has 0 aliphatic carbocycles. The van der Waals surface area contributed by atoms with Gasteiger partial charge in [-0.15, -0.1) is 0 Å². The quantitative estimate of drug-likeness (QED) is 0.195. The number of allylic oxidation sites excluding steroid dienone is 4. The molecule has 1 N–H and O–H groups in total. The Bertz CT molecular complexity index is 1460. The average molecular weight is 523 g/mol. The lowest BCUT2D eigenvalue weighted by molar-refractivity contribution is 0.477. The van der Waals surface area contributed by atoms with Crippen LogP contribution in [-0.2, 0) is 0 Å². The summed E-state index contributed by atoms with van der Waals surface area (Å²) in [4.78, 5) is 0. The van der Waals surface area contributed by atoms with Crippen LogP contribution < -0.4 is 15.1 Å². The van der Waals surface area contributed by atoms with Gasteiger partial charge in [0.05, 0.1) is 0 Å². The van der Waals surface area contributed by atoms with Gasteiger partial charge in [-0.2, -0.15) is 0 Å². The van der Waals surface area contributed by atoms with Crippen molar-refractivity contribution in [1.29, 1.82) is 0 Å². The highest BCUT2D eigenvalue weighted by Gasteiger charge is 2.37. The summed E-state index contributed by atoms with van der Waals surface area (Å²) >= 11 is 0. The third-order valence-electron chi connectivity index (χ3n) is 6.76. The molecule has 5 rings (SSSR count). The van der Waals surface area contributed by atoms with E-state index >= 15 is 0 Å². The zero-order valence-corrected chi connectivity index (χ0v) is 23.3. The molecule has 4 aromatic rings. The van der Waals surface area contributed by atoms with E-state index in [0.29, 0.717) is 20.0 Å². The molecule has 37 heavy (non-hydrogen) atoms. The molecule has 0 saturated heterocycles. The molecule has 4 atom stereocenters. The molecule has 2 nitrogen and oxygen atoms in total. The Hall–Kier alpha value is -3.18. The average Bonchev–Trinajstić information content (AvgIpc) is 2.93. The first-order valence-corrected chi connectivity index (χ1v) is 15.1. The van der Waals surface area contributed by atoms with Crippen LogP contribution in [0.15, 0.2) is 121 Å². The van der Waals surface area contributed by atoms with Gasteiger partial charge in [-0.25, -0.2) is 0 Å². The van der Waals surface area contributed by atoms with E-state index in [9.17, 15) is 5.11 Å². The molecule has 186 valence electrons. The van der Waals surface area contributed by atoms with Crippen molar-refractivity contribution in [3.05, 3.63) is 121 Å². The molecular weight excluding hydrogens is 490 g/mol. The van der Waals surface area contributed by atoms with Crippen LogP contribution in [0.4, 0.5) is 0 Å². The number of phenolic OH excluding ortho intramolecular Hbond substituents is 1. The Morgan fingerprint density at radius 3 is 2.19 bits per heavy atom. The minimum Gasteiger partial charge on any atom is -0.507 e. The number of fused-ring (bicyclic) bond motifs is 3. The second-order valence-corrected chi connectivity index (χ2v) is 12.9. The molecule has 4 heteroatoms. The van der Waals surface area contributed by atoms with Gasteiger partial charge in [-0.1, -0.05) is 124 Å². The lowest BCUT2D eigenvalue weighted by Crippen LogP contribution is -2.30. The second kappa shape index (κ2) is 11.5. The van der Waals surface area contributed by atoms with Crippen molar-refractivity contribution in [3.8, 4) is 33.8 Å². The molecule has 1 aliphatic heterocycles. The molecule has 0 spiro atoms. The van der Waals surface area contributed by atoms with Crippen LogP contribution in [0.2, 0.25) is 0 Å². The van der Waals surface area contributed by atoms with Crippen LogP contribution in [0, 0.1) is 0 Å². The lowest BCUT2D eigenvalue weighted by Gasteiger charge is -2.37. The van der Waals surface area contributed by atoms with Gasteiger partial charge in [0, 0.05) is 22.1 Å². The van der Waals surface area contributed by atoms with Gasteiger partial charge < -0.3 is 9.63 Å². The van der Waals surface area contributed by atoms with E-state index in [-0.39, 0.29) is 5.66 Å². The fourth-order valence-corrected chi connectivity index (χ4v) is 9.54. The molecule has 0 bridgehead atoms. The molecule has 1 heterocycles. The number of para-hydroxylation sites is 2. The van der Waals surface area contributed by atoms with Crippen molar-refractivity contribution < 1.29 is 9.63 Å². The molecule has 0 aromatic heterocycles. The highest BCUT2D eigenvalue weighted by molar-refractivity contribution is 7.64. The molecule has 0 fully saturated rings. The molecule has 1 aliphatic rings. The summed E-state index contributed by atoms with van der Waals surface area (Å²) in [6.07, 6.45) is 6.46. The minimum atomic E-state index is -0.944. The summed E-state index contributed by atoms with van der Waals surface area (Å²) in [5.41, 5.74) is 6.33. The Morgan fingerprint density at radius 1 is 0.811 bits per heavy atom. The van der Waals surface area contributed by atoms with E-state index < -0.39 is 8.15 Å². The fourth-order valence-electron chi connectivity index (χ4n) is 5.02. The van der Waals surface area contributed by atoms with E-state index in [2.05, 4.69) is 112 Å². The number of hydrogen-bond donors (Lipinski definition) is 1. The minimum absolute atomic E-state index is 0.233. The van der Waals surface area contributed by atoms with E-state index in [1.807, 2.05) is 18.2 Å².